The number of carbonyl (C=O) groups is 2. The standard InChI is InChI=1S/C16H22N2O3/c1-4-21-16(20)8-7-13-10-14(12-17-11-13)15(19)6-5-9-18(2)3/h7-8,10-12H,4-6,9H2,1-3H3/b8-7+. The number of hydrogen-bond donors (Lipinski definition) is 0. The summed E-state index contributed by atoms with van der Waals surface area (Å²) in [5.74, 6) is -0.337. The Hall–Kier alpha value is -2.01. The van der Waals surface area contributed by atoms with E-state index in [0.717, 1.165) is 13.0 Å². The zero-order valence-electron chi connectivity index (χ0n) is 12.8. The monoisotopic (exact) mass is 290 g/mol. The summed E-state index contributed by atoms with van der Waals surface area (Å²) < 4.78 is 4.80. The van der Waals surface area contributed by atoms with Crippen LogP contribution in [0, 0.1) is 0 Å². The van der Waals surface area contributed by atoms with E-state index >= 15 is 0 Å². The van der Waals surface area contributed by atoms with E-state index in [4.69, 9.17) is 4.74 Å². The molecule has 1 aromatic heterocycles. The van der Waals surface area contributed by atoms with Crippen molar-refractivity contribution in [2.75, 3.05) is 27.2 Å². The molecule has 5 heteroatoms. The van der Waals surface area contributed by atoms with Gasteiger partial charge in [0, 0.05) is 30.5 Å². The minimum Gasteiger partial charge on any atom is -0.463 e. The molecule has 0 saturated carbocycles. The van der Waals surface area contributed by atoms with Crippen LogP contribution in [-0.2, 0) is 9.53 Å². The molecule has 0 spiro atoms. The molecule has 1 rings (SSSR count). The Morgan fingerprint density at radius 1 is 1.33 bits per heavy atom. The van der Waals surface area contributed by atoms with Crippen molar-refractivity contribution in [2.24, 2.45) is 0 Å². The predicted octanol–water partition coefficient (Wildman–Crippen LogP) is 2.18. The van der Waals surface area contributed by atoms with Crippen molar-refractivity contribution in [3.05, 3.63) is 35.7 Å². The highest BCUT2D eigenvalue weighted by atomic mass is 16.5. The lowest BCUT2D eigenvalue weighted by Crippen LogP contribution is -2.14. The van der Waals surface area contributed by atoms with Crippen molar-refractivity contribution < 1.29 is 14.3 Å². The highest BCUT2D eigenvalue weighted by Crippen LogP contribution is 2.09. The first kappa shape index (κ1) is 17.0. The first-order chi connectivity index (χ1) is 10.0. The van der Waals surface area contributed by atoms with Gasteiger partial charge in [-0.15, -0.1) is 0 Å². The van der Waals surface area contributed by atoms with E-state index < -0.39 is 5.97 Å². The predicted molar refractivity (Wildman–Crippen MR) is 82.0 cm³/mol. The highest BCUT2D eigenvalue weighted by molar-refractivity contribution is 5.96. The van der Waals surface area contributed by atoms with Crippen LogP contribution in [0.4, 0.5) is 0 Å². The van der Waals surface area contributed by atoms with E-state index in [0.29, 0.717) is 24.2 Å². The summed E-state index contributed by atoms with van der Waals surface area (Å²) in [7, 11) is 3.96. The number of hydrogen-bond acceptors (Lipinski definition) is 5. The van der Waals surface area contributed by atoms with Crippen LogP contribution in [0.2, 0.25) is 0 Å². The number of carbonyl (C=O) groups excluding carboxylic acids is 2. The molecule has 0 aliphatic rings. The molecule has 0 N–H and O–H groups in total. The lowest BCUT2D eigenvalue weighted by molar-refractivity contribution is -0.137. The van der Waals surface area contributed by atoms with Crippen LogP contribution in [0.1, 0.15) is 35.7 Å². The quantitative estimate of drug-likeness (QED) is 0.417. The van der Waals surface area contributed by atoms with E-state index in [1.54, 1.807) is 31.5 Å². The molecule has 0 aromatic carbocycles. The second kappa shape index (κ2) is 9.02. The summed E-state index contributed by atoms with van der Waals surface area (Å²) in [6.45, 7) is 2.97. The first-order valence-corrected chi connectivity index (χ1v) is 7.00. The van der Waals surface area contributed by atoms with E-state index in [1.807, 2.05) is 19.0 Å². The Labute approximate surface area is 125 Å². The van der Waals surface area contributed by atoms with Gasteiger partial charge in [-0.05, 0) is 51.7 Å². The first-order valence-electron chi connectivity index (χ1n) is 7.00. The summed E-state index contributed by atoms with van der Waals surface area (Å²) in [6, 6.07) is 1.74. The van der Waals surface area contributed by atoms with Gasteiger partial charge in [-0.2, -0.15) is 0 Å². The summed E-state index contributed by atoms with van der Waals surface area (Å²) in [6.07, 6.45) is 7.40. The van der Waals surface area contributed by atoms with Crippen molar-refractivity contribution in [1.29, 1.82) is 0 Å². The molecular formula is C16H22N2O3. The summed E-state index contributed by atoms with van der Waals surface area (Å²) in [5.41, 5.74) is 1.28. The third kappa shape index (κ3) is 6.81. The molecule has 0 fully saturated rings. The van der Waals surface area contributed by atoms with Gasteiger partial charge in [0.05, 0.1) is 6.61 Å². The van der Waals surface area contributed by atoms with Crippen LogP contribution in [0.25, 0.3) is 6.08 Å². The molecule has 5 nitrogen and oxygen atoms in total. The molecule has 0 bridgehead atoms. The van der Waals surface area contributed by atoms with Gasteiger partial charge in [0.1, 0.15) is 0 Å². The molecule has 0 saturated heterocycles. The number of pyridine rings is 1. The number of ketones is 1. The van der Waals surface area contributed by atoms with Gasteiger partial charge < -0.3 is 9.64 Å². The van der Waals surface area contributed by atoms with E-state index in [2.05, 4.69) is 4.98 Å². The molecule has 1 heterocycles. The fraction of sp³-hybridized carbons (Fsp3) is 0.438. The van der Waals surface area contributed by atoms with Gasteiger partial charge in [0.25, 0.3) is 0 Å². The molecule has 0 aliphatic heterocycles. The van der Waals surface area contributed by atoms with Crippen LogP contribution in [0.5, 0.6) is 0 Å². The SMILES string of the molecule is CCOC(=O)/C=C/c1cncc(C(=O)CCCN(C)C)c1. The number of aromatic nitrogens is 1. The molecular weight excluding hydrogens is 268 g/mol. The molecule has 0 atom stereocenters. The van der Waals surface area contributed by atoms with Crippen molar-refractivity contribution in [1.82, 2.24) is 9.88 Å². The van der Waals surface area contributed by atoms with E-state index in [9.17, 15) is 9.59 Å². The maximum absolute atomic E-state index is 12.0. The van der Waals surface area contributed by atoms with Crippen LogP contribution < -0.4 is 0 Å². The zero-order chi connectivity index (χ0) is 15.7. The summed E-state index contributed by atoms with van der Waals surface area (Å²) in [4.78, 5) is 29.4. The lowest BCUT2D eigenvalue weighted by atomic mass is 10.1. The fourth-order valence-corrected chi connectivity index (χ4v) is 1.76. The van der Waals surface area contributed by atoms with Crippen LogP contribution in [0.15, 0.2) is 24.5 Å². The van der Waals surface area contributed by atoms with E-state index in [-0.39, 0.29) is 5.78 Å². The van der Waals surface area contributed by atoms with Gasteiger partial charge in [-0.25, -0.2) is 4.79 Å². The third-order valence-electron chi connectivity index (χ3n) is 2.79. The maximum Gasteiger partial charge on any atom is 0.330 e. The molecule has 0 unspecified atom stereocenters. The molecule has 0 aliphatic carbocycles. The Kier molecular flexibility index (Phi) is 7.32. The highest BCUT2D eigenvalue weighted by Gasteiger charge is 2.07. The van der Waals surface area contributed by atoms with Crippen LogP contribution in [0.3, 0.4) is 0 Å². The van der Waals surface area contributed by atoms with Crippen LogP contribution >= 0.6 is 0 Å². The van der Waals surface area contributed by atoms with Gasteiger partial charge in [-0.1, -0.05) is 0 Å². The molecule has 1 aromatic rings. The van der Waals surface area contributed by atoms with Gasteiger partial charge in [0.2, 0.25) is 0 Å². The minimum absolute atomic E-state index is 0.0655. The Morgan fingerprint density at radius 3 is 2.76 bits per heavy atom. The number of esters is 1. The zero-order valence-corrected chi connectivity index (χ0v) is 12.8. The van der Waals surface area contributed by atoms with E-state index in [1.165, 1.54) is 6.08 Å². The van der Waals surface area contributed by atoms with Crippen molar-refractivity contribution in [3.63, 3.8) is 0 Å². The Bertz CT molecular complexity index is 510. The average molecular weight is 290 g/mol. The van der Waals surface area contributed by atoms with Crippen LogP contribution in [-0.4, -0.2) is 48.9 Å². The third-order valence-corrected chi connectivity index (χ3v) is 2.79. The van der Waals surface area contributed by atoms with Gasteiger partial charge in [0.15, 0.2) is 5.78 Å². The maximum atomic E-state index is 12.0. The molecule has 114 valence electrons. The molecule has 0 amide bonds. The molecule has 0 radical (unpaired) electrons. The number of ether oxygens (including phenoxy) is 1. The van der Waals surface area contributed by atoms with Gasteiger partial charge >= 0.3 is 5.97 Å². The average Bonchev–Trinajstić information content (AvgIpc) is 2.45. The largest absolute Gasteiger partial charge is 0.463 e. The molecule has 21 heavy (non-hydrogen) atoms. The number of rotatable bonds is 8. The topological polar surface area (TPSA) is 59.5 Å². The number of nitrogens with zero attached hydrogens (tertiary/aromatic N) is 2. The smallest absolute Gasteiger partial charge is 0.330 e. The fourth-order valence-electron chi connectivity index (χ4n) is 1.76. The van der Waals surface area contributed by atoms with Crippen molar-refractivity contribution in [2.45, 2.75) is 19.8 Å². The minimum atomic E-state index is -0.403. The van der Waals surface area contributed by atoms with Crippen molar-refractivity contribution >= 4 is 17.8 Å². The second-order valence-electron chi connectivity index (χ2n) is 4.92. The lowest BCUT2D eigenvalue weighted by Gasteiger charge is -2.08. The summed E-state index contributed by atoms with van der Waals surface area (Å²) >= 11 is 0. The normalized spacial score (nSPS) is 11.0. The Balaban J connectivity index is 2.63. The summed E-state index contributed by atoms with van der Waals surface area (Å²) in [5, 5.41) is 0. The number of Topliss-reactive ketones (excluding diaryl/α,β-unsaturated/α-hetero) is 1. The second-order valence-corrected chi connectivity index (χ2v) is 4.92. The van der Waals surface area contributed by atoms with Crippen molar-refractivity contribution in [3.8, 4) is 0 Å². The van der Waals surface area contributed by atoms with Gasteiger partial charge in [-0.3, -0.25) is 9.78 Å². The Morgan fingerprint density at radius 2 is 2.10 bits per heavy atom.